The third kappa shape index (κ3) is 5.37. The second-order valence-corrected chi connectivity index (χ2v) is 6.54. The summed E-state index contributed by atoms with van der Waals surface area (Å²) < 4.78 is 25.9. The molecule has 0 aliphatic heterocycles. The number of aryl methyl sites for hydroxylation is 1. The molecule has 0 unspecified atom stereocenters. The van der Waals surface area contributed by atoms with Crippen LogP contribution in [0.4, 0.5) is 8.78 Å². The number of halogens is 2. The van der Waals surface area contributed by atoms with Crippen molar-refractivity contribution in [3.05, 3.63) is 29.6 Å². The fraction of sp³-hybridized carbons (Fsp3) is 0.722. The maximum Gasteiger partial charge on any atom is 0.248 e. The first kappa shape index (κ1) is 16.4. The SMILES string of the molecule is CCCCCC1CCC(CCc2cnc(F)c(F)c2)CC1. The van der Waals surface area contributed by atoms with Gasteiger partial charge < -0.3 is 0 Å². The average Bonchev–Trinajstić information content (AvgIpc) is 2.50. The number of pyridine rings is 1. The zero-order chi connectivity index (χ0) is 15.1. The van der Waals surface area contributed by atoms with Crippen molar-refractivity contribution in [1.82, 2.24) is 4.98 Å². The van der Waals surface area contributed by atoms with E-state index in [1.165, 1.54) is 63.6 Å². The molecule has 0 spiro atoms. The van der Waals surface area contributed by atoms with Gasteiger partial charge in [0, 0.05) is 6.20 Å². The van der Waals surface area contributed by atoms with E-state index in [9.17, 15) is 8.78 Å². The molecule has 2 rings (SSSR count). The molecule has 118 valence electrons. The highest BCUT2D eigenvalue weighted by Crippen LogP contribution is 2.34. The van der Waals surface area contributed by atoms with Crippen molar-refractivity contribution < 1.29 is 8.78 Å². The molecule has 0 amide bonds. The lowest BCUT2D eigenvalue weighted by Crippen LogP contribution is -2.15. The molecule has 3 heteroatoms. The van der Waals surface area contributed by atoms with E-state index in [1.807, 2.05) is 0 Å². The molecule has 0 atom stereocenters. The van der Waals surface area contributed by atoms with Gasteiger partial charge in [-0.3, -0.25) is 0 Å². The summed E-state index contributed by atoms with van der Waals surface area (Å²) in [5.74, 6) is -0.142. The van der Waals surface area contributed by atoms with Gasteiger partial charge in [0.15, 0.2) is 5.82 Å². The van der Waals surface area contributed by atoms with Crippen LogP contribution in [0.2, 0.25) is 0 Å². The minimum Gasteiger partial charge on any atom is -0.225 e. The molecule has 1 nitrogen and oxygen atoms in total. The Bertz CT molecular complexity index is 425. The quantitative estimate of drug-likeness (QED) is 0.466. The van der Waals surface area contributed by atoms with Crippen LogP contribution in [-0.2, 0) is 6.42 Å². The molecule has 1 aliphatic carbocycles. The minimum absolute atomic E-state index is 0.750. The molecular formula is C18H27F2N. The van der Waals surface area contributed by atoms with Gasteiger partial charge in [-0.1, -0.05) is 58.3 Å². The molecule has 0 N–H and O–H groups in total. The first-order valence-electron chi connectivity index (χ1n) is 8.49. The van der Waals surface area contributed by atoms with Gasteiger partial charge in [-0.25, -0.2) is 9.37 Å². The van der Waals surface area contributed by atoms with E-state index in [-0.39, 0.29) is 0 Å². The molecule has 0 bridgehead atoms. The number of rotatable bonds is 7. The Labute approximate surface area is 127 Å². The Morgan fingerprint density at radius 3 is 2.33 bits per heavy atom. The molecule has 21 heavy (non-hydrogen) atoms. The van der Waals surface area contributed by atoms with Crippen molar-refractivity contribution >= 4 is 0 Å². The monoisotopic (exact) mass is 295 g/mol. The summed E-state index contributed by atoms with van der Waals surface area (Å²) in [6.45, 7) is 2.25. The number of aromatic nitrogens is 1. The first-order valence-corrected chi connectivity index (χ1v) is 8.49. The fourth-order valence-electron chi connectivity index (χ4n) is 3.46. The van der Waals surface area contributed by atoms with E-state index in [1.54, 1.807) is 0 Å². The maximum atomic E-state index is 13.1. The van der Waals surface area contributed by atoms with Gasteiger partial charge in [-0.05, 0) is 36.3 Å². The maximum absolute atomic E-state index is 13.1. The van der Waals surface area contributed by atoms with E-state index >= 15 is 0 Å². The van der Waals surface area contributed by atoms with Crippen molar-refractivity contribution in [1.29, 1.82) is 0 Å². The number of hydrogen-bond donors (Lipinski definition) is 0. The summed E-state index contributed by atoms with van der Waals surface area (Å²) in [5, 5.41) is 0. The van der Waals surface area contributed by atoms with Gasteiger partial charge in [0.25, 0.3) is 0 Å². The summed E-state index contributed by atoms with van der Waals surface area (Å²) in [6.07, 6.45) is 14.1. The van der Waals surface area contributed by atoms with Gasteiger partial charge in [-0.2, -0.15) is 4.39 Å². The molecule has 0 aromatic carbocycles. The van der Waals surface area contributed by atoms with E-state index in [4.69, 9.17) is 0 Å². The second-order valence-electron chi connectivity index (χ2n) is 6.54. The lowest BCUT2D eigenvalue weighted by atomic mass is 9.78. The molecule has 1 saturated carbocycles. The number of nitrogens with zero attached hydrogens (tertiary/aromatic N) is 1. The van der Waals surface area contributed by atoms with Crippen LogP contribution in [0.1, 0.15) is 70.3 Å². The zero-order valence-corrected chi connectivity index (χ0v) is 13.1. The third-order valence-electron chi connectivity index (χ3n) is 4.88. The van der Waals surface area contributed by atoms with Gasteiger partial charge in [-0.15, -0.1) is 0 Å². The summed E-state index contributed by atoms with van der Waals surface area (Å²) in [7, 11) is 0. The van der Waals surface area contributed by atoms with Gasteiger partial charge in [0.2, 0.25) is 5.95 Å². The molecular weight excluding hydrogens is 268 g/mol. The zero-order valence-electron chi connectivity index (χ0n) is 13.1. The van der Waals surface area contributed by atoms with Crippen molar-refractivity contribution in [2.45, 2.75) is 71.1 Å². The highest BCUT2D eigenvalue weighted by Gasteiger charge is 2.20. The number of hydrogen-bond acceptors (Lipinski definition) is 1. The number of unbranched alkanes of at least 4 members (excludes halogenated alkanes) is 2. The van der Waals surface area contributed by atoms with Crippen molar-refractivity contribution in [3.8, 4) is 0 Å². The molecule has 1 fully saturated rings. The predicted molar refractivity (Wildman–Crippen MR) is 82.1 cm³/mol. The standard InChI is InChI=1S/C18H27F2N/c1-2-3-4-5-14-6-8-15(9-7-14)10-11-16-12-17(19)18(20)21-13-16/h12-15H,2-11H2,1H3. The Morgan fingerprint density at radius 2 is 1.71 bits per heavy atom. The van der Waals surface area contributed by atoms with Crippen LogP contribution >= 0.6 is 0 Å². The lowest BCUT2D eigenvalue weighted by molar-refractivity contribution is 0.249. The third-order valence-corrected chi connectivity index (χ3v) is 4.88. The minimum atomic E-state index is -0.994. The van der Waals surface area contributed by atoms with E-state index in [0.717, 1.165) is 30.2 Å². The summed E-state index contributed by atoms with van der Waals surface area (Å²) in [4.78, 5) is 3.45. The summed E-state index contributed by atoms with van der Waals surface area (Å²) >= 11 is 0. The molecule has 0 radical (unpaired) electrons. The Morgan fingerprint density at radius 1 is 1.05 bits per heavy atom. The van der Waals surface area contributed by atoms with E-state index in [0.29, 0.717) is 0 Å². The first-order chi connectivity index (χ1) is 10.2. The van der Waals surface area contributed by atoms with Crippen LogP contribution in [-0.4, -0.2) is 4.98 Å². The van der Waals surface area contributed by atoms with Gasteiger partial charge in [0.05, 0.1) is 0 Å². The lowest BCUT2D eigenvalue weighted by Gasteiger charge is -2.28. The second kappa shape index (κ2) is 8.45. The van der Waals surface area contributed by atoms with E-state index < -0.39 is 11.8 Å². The average molecular weight is 295 g/mol. The van der Waals surface area contributed by atoms with Gasteiger partial charge in [0.1, 0.15) is 0 Å². The van der Waals surface area contributed by atoms with Crippen molar-refractivity contribution in [2.75, 3.05) is 0 Å². The van der Waals surface area contributed by atoms with Crippen molar-refractivity contribution in [2.24, 2.45) is 11.8 Å². The van der Waals surface area contributed by atoms with Crippen LogP contribution in [0.3, 0.4) is 0 Å². The topological polar surface area (TPSA) is 12.9 Å². The molecule has 1 aromatic rings. The van der Waals surface area contributed by atoms with E-state index in [2.05, 4.69) is 11.9 Å². The summed E-state index contributed by atoms with van der Waals surface area (Å²) in [6, 6.07) is 1.29. The van der Waals surface area contributed by atoms with Crippen LogP contribution in [0.5, 0.6) is 0 Å². The van der Waals surface area contributed by atoms with Crippen LogP contribution in [0, 0.1) is 23.6 Å². The normalized spacial score (nSPS) is 22.4. The largest absolute Gasteiger partial charge is 0.248 e. The Kier molecular flexibility index (Phi) is 6.59. The van der Waals surface area contributed by atoms with Gasteiger partial charge >= 0.3 is 0 Å². The molecule has 1 aromatic heterocycles. The Balaban J connectivity index is 1.67. The fourth-order valence-corrected chi connectivity index (χ4v) is 3.46. The van der Waals surface area contributed by atoms with Crippen LogP contribution < -0.4 is 0 Å². The van der Waals surface area contributed by atoms with Crippen molar-refractivity contribution in [3.63, 3.8) is 0 Å². The van der Waals surface area contributed by atoms with Crippen LogP contribution in [0.15, 0.2) is 12.3 Å². The highest BCUT2D eigenvalue weighted by atomic mass is 19.2. The highest BCUT2D eigenvalue weighted by molar-refractivity contribution is 5.11. The predicted octanol–water partition coefficient (Wildman–Crippen LogP) is 5.68. The molecule has 1 heterocycles. The molecule has 1 aliphatic rings. The summed E-state index contributed by atoms with van der Waals surface area (Å²) in [5.41, 5.74) is 0.818. The molecule has 0 saturated heterocycles. The Hall–Kier alpha value is -0.990. The van der Waals surface area contributed by atoms with Crippen LogP contribution in [0.25, 0.3) is 0 Å². The smallest absolute Gasteiger partial charge is 0.225 e.